The minimum absolute atomic E-state index is 0.635. The highest BCUT2D eigenvalue weighted by Gasteiger charge is 1.55. The topological polar surface area (TPSA) is 0 Å². The van der Waals surface area contributed by atoms with E-state index in [1.807, 2.05) is 38.2 Å². The Labute approximate surface area is 73.5 Å². The molecule has 0 N–H and O–H groups in total. The first-order valence-corrected chi connectivity index (χ1v) is 4.24. The van der Waals surface area contributed by atoms with Gasteiger partial charge in [0, 0.05) is 11.8 Å². The molecular formula is C8H14Cl2. The maximum Gasteiger partial charge on any atom is 0.0404 e. The Kier molecular flexibility index (Phi) is 20.4. The van der Waals surface area contributed by atoms with Crippen molar-refractivity contribution >= 4 is 23.2 Å². The number of rotatable bonds is 2. The molecule has 0 saturated carbocycles. The van der Waals surface area contributed by atoms with Crippen LogP contribution in [0.15, 0.2) is 24.3 Å². The fourth-order valence-corrected chi connectivity index (χ4v) is 0.535. The number of halogens is 2. The summed E-state index contributed by atoms with van der Waals surface area (Å²) >= 11 is 10.4. The molecule has 0 bridgehead atoms. The van der Waals surface area contributed by atoms with E-state index >= 15 is 0 Å². The molecule has 2 heteroatoms. The van der Waals surface area contributed by atoms with Gasteiger partial charge in [-0.25, -0.2) is 0 Å². The lowest BCUT2D eigenvalue weighted by atomic mass is 10.6. The van der Waals surface area contributed by atoms with Crippen LogP contribution in [0.3, 0.4) is 0 Å². The third-order valence-corrected chi connectivity index (χ3v) is 1.01. The number of alkyl halides is 2. The van der Waals surface area contributed by atoms with E-state index in [1.54, 1.807) is 0 Å². The largest absolute Gasteiger partial charge is 0.122 e. The van der Waals surface area contributed by atoms with Crippen molar-refractivity contribution in [2.45, 2.75) is 13.8 Å². The van der Waals surface area contributed by atoms with Crippen LogP contribution in [0, 0.1) is 0 Å². The van der Waals surface area contributed by atoms with Crippen LogP contribution in [-0.4, -0.2) is 11.8 Å². The molecule has 0 fully saturated rings. The first-order chi connectivity index (χ1) is 4.83. The molecule has 0 spiro atoms. The Morgan fingerprint density at radius 1 is 0.900 bits per heavy atom. The van der Waals surface area contributed by atoms with Crippen LogP contribution in [0.1, 0.15) is 13.8 Å². The van der Waals surface area contributed by atoms with Gasteiger partial charge in [-0.2, -0.15) is 0 Å². The molecule has 0 aromatic rings. The van der Waals surface area contributed by atoms with Gasteiger partial charge in [0.05, 0.1) is 0 Å². The van der Waals surface area contributed by atoms with Gasteiger partial charge in [-0.15, -0.1) is 23.2 Å². The average Bonchev–Trinajstić information content (AvgIpc) is 1.93. The fraction of sp³-hybridized carbons (Fsp3) is 0.500. The van der Waals surface area contributed by atoms with Gasteiger partial charge >= 0.3 is 0 Å². The van der Waals surface area contributed by atoms with Crippen molar-refractivity contribution in [2.75, 3.05) is 11.8 Å². The highest BCUT2D eigenvalue weighted by atomic mass is 35.5. The molecule has 0 amide bonds. The van der Waals surface area contributed by atoms with Crippen LogP contribution in [0.25, 0.3) is 0 Å². The molecule has 0 aliphatic carbocycles. The highest BCUT2D eigenvalue weighted by Crippen LogP contribution is 1.73. The average molecular weight is 181 g/mol. The Balaban J connectivity index is 0. The normalized spacial score (nSPS) is 10.0. The van der Waals surface area contributed by atoms with E-state index in [9.17, 15) is 0 Å². The van der Waals surface area contributed by atoms with Crippen molar-refractivity contribution in [3.63, 3.8) is 0 Å². The zero-order valence-electron chi connectivity index (χ0n) is 6.48. The summed E-state index contributed by atoms with van der Waals surface area (Å²) in [6.45, 7) is 3.89. The van der Waals surface area contributed by atoms with Gasteiger partial charge in [0.15, 0.2) is 0 Å². The molecule has 0 aromatic heterocycles. The highest BCUT2D eigenvalue weighted by molar-refractivity contribution is 6.19. The van der Waals surface area contributed by atoms with Crippen molar-refractivity contribution in [1.82, 2.24) is 0 Å². The van der Waals surface area contributed by atoms with E-state index < -0.39 is 0 Å². The lowest BCUT2D eigenvalue weighted by Crippen LogP contribution is -1.50. The van der Waals surface area contributed by atoms with E-state index in [2.05, 4.69) is 0 Å². The quantitative estimate of drug-likeness (QED) is 0.451. The molecular weight excluding hydrogens is 167 g/mol. The fourth-order valence-electron chi connectivity index (χ4n) is 0.178. The van der Waals surface area contributed by atoms with Gasteiger partial charge in [0.1, 0.15) is 0 Å². The molecule has 0 unspecified atom stereocenters. The second-order valence-electron chi connectivity index (χ2n) is 1.45. The van der Waals surface area contributed by atoms with E-state index in [-0.39, 0.29) is 0 Å². The van der Waals surface area contributed by atoms with E-state index in [4.69, 9.17) is 23.2 Å². The van der Waals surface area contributed by atoms with Crippen LogP contribution >= 0.6 is 23.2 Å². The summed E-state index contributed by atoms with van der Waals surface area (Å²) in [6, 6.07) is 0. The molecule has 0 aliphatic rings. The molecule has 0 aromatic carbocycles. The van der Waals surface area contributed by atoms with Gasteiger partial charge in [-0.1, -0.05) is 24.3 Å². The maximum absolute atomic E-state index is 5.21. The third-order valence-electron chi connectivity index (χ3n) is 0.650. The van der Waals surface area contributed by atoms with Crippen molar-refractivity contribution in [2.24, 2.45) is 0 Å². The number of allylic oxidation sites excluding steroid dienone is 4. The van der Waals surface area contributed by atoms with Crippen molar-refractivity contribution in [1.29, 1.82) is 0 Å². The van der Waals surface area contributed by atoms with Gasteiger partial charge in [-0.3, -0.25) is 0 Å². The molecule has 60 valence electrons. The monoisotopic (exact) mass is 180 g/mol. The third kappa shape index (κ3) is 24.4. The minimum atomic E-state index is 0.635. The minimum Gasteiger partial charge on any atom is -0.122 e. The predicted octanol–water partition coefficient (Wildman–Crippen LogP) is 3.60. The number of hydrogen-bond donors (Lipinski definition) is 0. The van der Waals surface area contributed by atoms with E-state index in [0.717, 1.165) is 0 Å². The summed E-state index contributed by atoms with van der Waals surface area (Å²) in [5.74, 6) is 1.27. The van der Waals surface area contributed by atoms with Crippen LogP contribution in [0.5, 0.6) is 0 Å². The van der Waals surface area contributed by atoms with Crippen molar-refractivity contribution in [3.8, 4) is 0 Å². The van der Waals surface area contributed by atoms with Gasteiger partial charge in [-0.05, 0) is 13.8 Å². The lowest BCUT2D eigenvalue weighted by molar-refractivity contribution is 1.65. The van der Waals surface area contributed by atoms with Crippen molar-refractivity contribution < 1.29 is 0 Å². The van der Waals surface area contributed by atoms with Gasteiger partial charge in [0.2, 0.25) is 0 Å². The Bertz CT molecular complexity index is 73.3. The second-order valence-corrected chi connectivity index (χ2v) is 2.06. The van der Waals surface area contributed by atoms with Gasteiger partial charge in [0.25, 0.3) is 0 Å². The van der Waals surface area contributed by atoms with Crippen LogP contribution in [-0.2, 0) is 0 Å². The first kappa shape index (κ1) is 12.7. The summed E-state index contributed by atoms with van der Waals surface area (Å²) in [5.41, 5.74) is 0. The summed E-state index contributed by atoms with van der Waals surface area (Å²) < 4.78 is 0. The Morgan fingerprint density at radius 2 is 1.20 bits per heavy atom. The molecule has 0 atom stereocenters. The molecule has 0 nitrogen and oxygen atoms in total. The standard InChI is InChI=1S/2C4H7Cl/c2*1-2-3-4-5/h2*2-3H,4H2,1H3/b2*3-2+. The molecule has 0 rings (SSSR count). The zero-order valence-corrected chi connectivity index (χ0v) is 7.99. The summed E-state index contributed by atoms with van der Waals surface area (Å²) in [5, 5.41) is 0. The summed E-state index contributed by atoms with van der Waals surface area (Å²) in [6.07, 6.45) is 7.63. The molecule has 0 heterocycles. The first-order valence-electron chi connectivity index (χ1n) is 3.17. The molecule has 10 heavy (non-hydrogen) atoms. The Morgan fingerprint density at radius 3 is 1.20 bits per heavy atom. The smallest absolute Gasteiger partial charge is 0.0404 e. The lowest BCUT2D eigenvalue weighted by Gasteiger charge is -1.63. The van der Waals surface area contributed by atoms with Crippen LogP contribution < -0.4 is 0 Å². The Hall–Kier alpha value is 0.0600. The van der Waals surface area contributed by atoms with E-state index in [0.29, 0.717) is 11.8 Å². The second kappa shape index (κ2) is 16.0. The maximum atomic E-state index is 5.21. The number of hydrogen-bond acceptors (Lipinski definition) is 0. The SMILES string of the molecule is C/C=C/CCl.C/C=C/CCl. The van der Waals surface area contributed by atoms with E-state index in [1.165, 1.54) is 0 Å². The summed E-state index contributed by atoms with van der Waals surface area (Å²) in [7, 11) is 0. The van der Waals surface area contributed by atoms with Crippen LogP contribution in [0.4, 0.5) is 0 Å². The molecule has 0 aliphatic heterocycles. The predicted molar refractivity (Wildman–Crippen MR) is 51.1 cm³/mol. The van der Waals surface area contributed by atoms with Crippen molar-refractivity contribution in [3.05, 3.63) is 24.3 Å². The zero-order chi connectivity index (χ0) is 8.24. The molecule has 0 saturated heterocycles. The van der Waals surface area contributed by atoms with Crippen LogP contribution in [0.2, 0.25) is 0 Å². The van der Waals surface area contributed by atoms with Gasteiger partial charge < -0.3 is 0 Å². The summed E-state index contributed by atoms with van der Waals surface area (Å²) in [4.78, 5) is 0. The molecule has 0 radical (unpaired) electrons.